The van der Waals surface area contributed by atoms with Crippen LogP contribution in [0.3, 0.4) is 0 Å². The molecule has 0 amide bonds. The zero-order chi connectivity index (χ0) is 13.7. The van der Waals surface area contributed by atoms with E-state index >= 15 is 0 Å². The quantitative estimate of drug-likeness (QED) is 0.729. The third-order valence-electron chi connectivity index (χ3n) is 4.43. The molecule has 1 saturated carbocycles. The van der Waals surface area contributed by atoms with E-state index < -0.39 is 5.79 Å². The molecule has 4 rings (SSSR count). The summed E-state index contributed by atoms with van der Waals surface area (Å²) < 4.78 is 18.4. The first kappa shape index (κ1) is 12.8. The molecule has 2 fully saturated rings. The second-order valence-electron chi connectivity index (χ2n) is 5.62. The predicted molar refractivity (Wildman–Crippen MR) is 74.9 cm³/mol. The molecule has 4 nitrogen and oxygen atoms in total. The molecule has 2 atom stereocenters. The fourth-order valence-electron chi connectivity index (χ4n) is 3.45. The van der Waals surface area contributed by atoms with Crippen LogP contribution in [0.4, 0.5) is 0 Å². The van der Waals surface area contributed by atoms with Crippen molar-refractivity contribution in [1.29, 1.82) is 0 Å². The Morgan fingerprint density at radius 1 is 1.25 bits per heavy atom. The number of fused-ring (bicyclic) bond motifs is 2. The first-order valence-electron chi connectivity index (χ1n) is 6.95. The Bertz CT molecular complexity index is 565. The van der Waals surface area contributed by atoms with Crippen LogP contribution in [-0.2, 0) is 9.47 Å². The maximum Gasteiger partial charge on any atom is 0.173 e. The van der Waals surface area contributed by atoms with Crippen LogP contribution in [-0.4, -0.2) is 30.9 Å². The summed E-state index contributed by atoms with van der Waals surface area (Å²) in [7, 11) is 0. The van der Waals surface area contributed by atoms with Gasteiger partial charge in [-0.25, -0.2) is 0 Å². The zero-order valence-corrected chi connectivity index (χ0v) is 12.5. The fourth-order valence-corrected chi connectivity index (χ4v) is 3.82. The van der Waals surface area contributed by atoms with Gasteiger partial charge in [0.25, 0.3) is 0 Å². The largest absolute Gasteiger partial charge is 0.489 e. The third-order valence-corrected chi connectivity index (χ3v) is 4.92. The van der Waals surface area contributed by atoms with E-state index in [1.165, 1.54) is 0 Å². The van der Waals surface area contributed by atoms with Gasteiger partial charge >= 0.3 is 0 Å². The van der Waals surface area contributed by atoms with Crippen LogP contribution in [0.1, 0.15) is 29.6 Å². The predicted octanol–water partition coefficient (Wildman–Crippen LogP) is 2.94. The minimum Gasteiger partial charge on any atom is -0.489 e. The van der Waals surface area contributed by atoms with Gasteiger partial charge in [-0.2, -0.15) is 0 Å². The summed E-state index contributed by atoms with van der Waals surface area (Å²) in [4.78, 5) is 12.7. The zero-order valence-electron chi connectivity index (χ0n) is 10.9. The second kappa shape index (κ2) is 4.55. The van der Waals surface area contributed by atoms with Crippen molar-refractivity contribution in [2.75, 3.05) is 13.2 Å². The van der Waals surface area contributed by atoms with E-state index in [1.54, 1.807) is 0 Å². The van der Waals surface area contributed by atoms with Crippen LogP contribution in [0, 0.1) is 5.92 Å². The first-order valence-corrected chi connectivity index (χ1v) is 7.75. The Morgan fingerprint density at radius 2 is 2.05 bits per heavy atom. The molecule has 1 spiro atoms. The Balaban J connectivity index is 1.68. The van der Waals surface area contributed by atoms with Crippen molar-refractivity contribution in [2.45, 2.75) is 31.2 Å². The lowest BCUT2D eigenvalue weighted by Crippen LogP contribution is -2.49. The van der Waals surface area contributed by atoms with Gasteiger partial charge in [-0.15, -0.1) is 0 Å². The highest BCUT2D eigenvalue weighted by molar-refractivity contribution is 9.10. The number of hydrogen-bond acceptors (Lipinski definition) is 4. The lowest BCUT2D eigenvalue weighted by molar-refractivity contribution is -0.195. The van der Waals surface area contributed by atoms with Crippen molar-refractivity contribution in [3.05, 3.63) is 28.2 Å². The van der Waals surface area contributed by atoms with Crippen LogP contribution < -0.4 is 4.74 Å². The molecule has 0 aromatic heterocycles. The number of halogens is 1. The van der Waals surface area contributed by atoms with Gasteiger partial charge in [0.1, 0.15) is 11.9 Å². The first-order chi connectivity index (χ1) is 9.67. The minimum absolute atomic E-state index is 0.0467. The average Bonchev–Trinajstić information content (AvgIpc) is 2.89. The maximum atomic E-state index is 12.7. The lowest BCUT2D eigenvalue weighted by Gasteiger charge is -2.42. The summed E-state index contributed by atoms with van der Waals surface area (Å²) in [5.41, 5.74) is 0.663. The van der Waals surface area contributed by atoms with Gasteiger partial charge in [-0.3, -0.25) is 4.79 Å². The Kier molecular flexibility index (Phi) is 2.91. The number of Topliss-reactive ketones (excluding diaryl/α,β-unsaturated/α-hetero) is 1. The summed E-state index contributed by atoms with van der Waals surface area (Å²) >= 11 is 3.41. The highest BCUT2D eigenvalue weighted by Gasteiger charge is 2.50. The molecule has 0 radical (unpaired) electrons. The molecule has 0 bridgehead atoms. The van der Waals surface area contributed by atoms with E-state index in [1.807, 2.05) is 18.2 Å². The van der Waals surface area contributed by atoms with Gasteiger partial charge in [0.15, 0.2) is 11.6 Å². The SMILES string of the molecule is O=C1c2cc(Br)ccc2O[C@H]2CCC3(CC12)OCCO3. The molecule has 2 heterocycles. The molecule has 1 saturated heterocycles. The summed E-state index contributed by atoms with van der Waals surface area (Å²) in [6, 6.07) is 5.60. The number of carbonyl (C=O) groups excluding carboxylic acids is 1. The van der Waals surface area contributed by atoms with E-state index in [2.05, 4.69) is 15.9 Å². The standard InChI is InChI=1S/C15H15BrO4/c16-9-1-2-12-10(7-9)14(17)11-8-15(18-5-6-19-15)4-3-13(11)20-12/h1-2,7,11,13H,3-6,8H2/t11?,13-/m0/s1. The van der Waals surface area contributed by atoms with E-state index in [0.717, 1.165) is 17.3 Å². The van der Waals surface area contributed by atoms with Gasteiger partial charge in [-0.1, -0.05) is 15.9 Å². The Morgan fingerprint density at radius 3 is 2.85 bits per heavy atom. The minimum atomic E-state index is -0.552. The molecule has 5 heteroatoms. The molecule has 2 aliphatic heterocycles. The number of ether oxygens (including phenoxy) is 3. The van der Waals surface area contributed by atoms with Crippen molar-refractivity contribution in [3.8, 4) is 5.75 Å². The summed E-state index contributed by atoms with van der Waals surface area (Å²) in [5, 5.41) is 0. The molecule has 0 N–H and O–H groups in total. The number of carbonyl (C=O) groups is 1. The second-order valence-corrected chi connectivity index (χ2v) is 6.53. The van der Waals surface area contributed by atoms with Crippen LogP contribution in [0.15, 0.2) is 22.7 Å². The number of benzene rings is 1. The molecule has 1 unspecified atom stereocenters. The summed E-state index contributed by atoms with van der Waals surface area (Å²) in [5.74, 6) is 0.131. The summed E-state index contributed by atoms with van der Waals surface area (Å²) in [6.45, 7) is 1.24. The van der Waals surface area contributed by atoms with Crippen LogP contribution in [0.25, 0.3) is 0 Å². The van der Waals surface area contributed by atoms with Crippen LogP contribution in [0.5, 0.6) is 5.75 Å². The monoisotopic (exact) mass is 338 g/mol. The fraction of sp³-hybridized carbons (Fsp3) is 0.533. The molecule has 106 valence electrons. The number of hydrogen-bond donors (Lipinski definition) is 0. The van der Waals surface area contributed by atoms with Gasteiger partial charge in [0.05, 0.1) is 24.7 Å². The molecule has 1 aromatic rings. The normalized spacial score (nSPS) is 30.8. The van der Waals surface area contributed by atoms with Crippen molar-refractivity contribution in [1.82, 2.24) is 0 Å². The van der Waals surface area contributed by atoms with E-state index in [4.69, 9.17) is 14.2 Å². The molecular weight excluding hydrogens is 324 g/mol. The number of rotatable bonds is 0. The van der Waals surface area contributed by atoms with Gasteiger partial charge < -0.3 is 14.2 Å². The Labute approximate surface area is 125 Å². The van der Waals surface area contributed by atoms with Gasteiger partial charge in [0, 0.05) is 17.3 Å². The van der Waals surface area contributed by atoms with Gasteiger partial charge in [-0.05, 0) is 24.6 Å². The summed E-state index contributed by atoms with van der Waals surface area (Å²) in [6.07, 6.45) is 2.15. The molecule has 20 heavy (non-hydrogen) atoms. The van der Waals surface area contributed by atoms with E-state index in [9.17, 15) is 4.79 Å². The van der Waals surface area contributed by atoms with Crippen molar-refractivity contribution < 1.29 is 19.0 Å². The smallest absolute Gasteiger partial charge is 0.173 e. The Hall–Kier alpha value is -0.910. The molecular formula is C15H15BrO4. The number of ketones is 1. The molecule has 3 aliphatic rings. The van der Waals surface area contributed by atoms with Crippen molar-refractivity contribution in [3.63, 3.8) is 0 Å². The van der Waals surface area contributed by atoms with Crippen molar-refractivity contribution in [2.24, 2.45) is 5.92 Å². The molecule has 1 aromatic carbocycles. The third kappa shape index (κ3) is 1.91. The van der Waals surface area contributed by atoms with Crippen molar-refractivity contribution >= 4 is 21.7 Å². The lowest BCUT2D eigenvalue weighted by atomic mass is 9.76. The molecule has 1 aliphatic carbocycles. The van der Waals surface area contributed by atoms with E-state index in [-0.39, 0.29) is 17.8 Å². The van der Waals surface area contributed by atoms with Gasteiger partial charge in [0.2, 0.25) is 0 Å². The topological polar surface area (TPSA) is 44.8 Å². The highest BCUT2D eigenvalue weighted by atomic mass is 79.9. The highest BCUT2D eigenvalue weighted by Crippen LogP contribution is 2.45. The average molecular weight is 339 g/mol. The van der Waals surface area contributed by atoms with Crippen LogP contribution >= 0.6 is 15.9 Å². The van der Waals surface area contributed by atoms with Crippen LogP contribution in [0.2, 0.25) is 0 Å². The maximum absolute atomic E-state index is 12.7. The van der Waals surface area contributed by atoms with E-state index in [0.29, 0.717) is 30.9 Å².